The monoisotopic (exact) mass is 348 g/mol. The minimum absolute atomic E-state index is 0.193. The number of ether oxygens (including phenoxy) is 1. The summed E-state index contributed by atoms with van der Waals surface area (Å²) in [7, 11) is 1.54. The van der Waals surface area contributed by atoms with Crippen molar-refractivity contribution in [2.24, 2.45) is 0 Å². The van der Waals surface area contributed by atoms with Crippen LogP contribution in [0.2, 0.25) is 5.02 Å². The SMILES string of the molecule is COc1ccc(Cl)cc1N1CCN(C(=O)c2ccco2)[C@@H](C)C1=O. The van der Waals surface area contributed by atoms with Crippen LogP contribution in [0.5, 0.6) is 5.75 Å². The molecule has 1 fully saturated rings. The lowest BCUT2D eigenvalue weighted by molar-refractivity contribution is -0.124. The van der Waals surface area contributed by atoms with Crippen LogP contribution in [0.4, 0.5) is 5.69 Å². The minimum Gasteiger partial charge on any atom is -0.495 e. The summed E-state index contributed by atoms with van der Waals surface area (Å²) in [6.45, 7) is 2.45. The molecule has 0 radical (unpaired) electrons. The Bertz CT molecular complexity index is 760. The third kappa shape index (κ3) is 2.85. The van der Waals surface area contributed by atoms with E-state index >= 15 is 0 Å². The third-order valence-corrected chi connectivity index (χ3v) is 4.32. The summed E-state index contributed by atoms with van der Waals surface area (Å²) in [6.07, 6.45) is 1.44. The highest BCUT2D eigenvalue weighted by atomic mass is 35.5. The molecule has 24 heavy (non-hydrogen) atoms. The van der Waals surface area contributed by atoms with Gasteiger partial charge >= 0.3 is 0 Å². The highest BCUT2D eigenvalue weighted by Crippen LogP contribution is 2.33. The number of hydrogen-bond donors (Lipinski definition) is 0. The molecule has 2 amide bonds. The van der Waals surface area contributed by atoms with Gasteiger partial charge < -0.3 is 19.0 Å². The molecule has 1 saturated heterocycles. The second kappa shape index (κ2) is 6.57. The highest BCUT2D eigenvalue weighted by Gasteiger charge is 2.37. The van der Waals surface area contributed by atoms with Crippen molar-refractivity contribution in [1.29, 1.82) is 0 Å². The number of halogens is 1. The number of carbonyl (C=O) groups excluding carboxylic acids is 2. The molecule has 1 aliphatic heterocycles. The van der Waals surface area contributed by atoms with Gasteiger partial charge in [0.1, 0.15) is 11.8 Å². The zero-order valence-electron chi connectivity index (χ0n) is 13.4. The van der Waals surface area contributed by atoms with E-state index in [0.717, 1.165) is 0 Å². The van der Waals surface area contributed by atoms with E-state index in [1.54, 1.807) is 42.2 Å². The van der Waals surface area contributed by atoms with E-state index in [1.165, 1.54) is 18.3 Å². The molecular formula is C17H17ClN2O4. The van der Waals surface area contributed by atoms with Crippen LogP contribution >= 0.6 is 11.6 Å². The van der Waals surface area contributed by atoms with Crippen LogP contribution in [0.1, 0.15) is 17.5 Å². The topological polar surface area (TPSA) is 63.0 Å². The van der Waals surface area contributed by atoms with Crippen molar-refractivity contribution in [3.63, 3.8) is 0 Å². The molecule has 6 nitrogen and oxygen atoms in total. The van der Waals surface area contributed by atoms with Gasteiger partial charge in [-0.05, 0) is 37.3 Å². The van der Waals surface area contributed by atoms with Gasteiger partial charge in [0.25, 0.3) is 5.91 Å². The van der Waals surface area contributed by atoms with Crippen LogP contribution in [-0.4, -0.2) is 43.0 Å². The third-order valence-electron chi connectivity index (χ3n) is 4.08. The smallest absolute Gasteiger partial charge is 0.290 e. The van der Waals surface area contributed by atoms with E-state index in [4.69, 9.17) is 20.8 Å². The van der Waals surface area contributed by atoms with Crippen molar-refractivity contribution in [1.82, 2.24) is 4.90 Å². The summed E-state index contributed by atoms with van der Waals surface area (Å²) >= 11 is 6.05. The number of carbonyl (C=O) groups is 2. The fraction of sp³-hybridized carbons (Fsp3) is 0.294. The van der Waals surface area contributed by atoms with E-state index < -0.39 is 6.04 Å². The molecule has 0 N–H and O–H groups in total. The zero-order valence-corrected chi connectivity index (χ0v) is 14.1. The molecule has 1 aromatic heterocycles. The highest BCUT2D eigenvalue weighted by molar-refractivity contribution is 6.31. The van der Waals surface area contributed by atoms with Gasteiger partial charge in [0.15, 0.2) is 5.76 Å². The lowest BCUT2D eigenvalue weighted by Crippen LogP contribution is -2.57. The Labute approximate surface area is 144 Å². The van der Waals surface area contributed by atoms with Gasteiger partial charge in [0, 0.05) is 18.1 Å². The van der Waals surface area contributed by atoms with Crippen LogP contribution in [0.15, 0.2) is 41.0 Å². The zero-order chi connectivity index (χ0) is 17.3. The Morgan fingerprint density at radius 2 is 2.12 bits per heavy atom. The Hall–Kier alpha value is -2.47. The maximum absolute atomic E-state index is 12.8. The quantitative estimate of drug-likeness (QED) is 0.855. The number of hydrogen-bond acceptors (Lipinski definition) is 4. The molecule has 0 unspecified atom stereocenters. The van der Waals surface area contributed by atoms with Gasteiger partial charge in [-0.3, -0.25) is 9.59 Å². The van der Waals surface area contributed by atoms with Crippen molar-refractivity contribution in [3.05, 3.63) is 47.4 Å². The average Bonchev–Trinajstić information content (AvgIpc) is 3.11. The summed E-state index contributed by atoms with van der Waals surface area (Å²) in [5, 5.41) is 0.514. The van der Waals surface area contributed by atoms with E-state index in [1.807, 2.05) is 0 Å². The standard InChI is InChI=1S/C17H17ClN2O4/c1-11-16(21)20(13-10-12(18)5-6-14(13)23-2)8-7-19(11)17(22)15-4-3-9-24-15/h3-6,9-11H,7-8H2,1-2H3/t11-/m0/s1. The van der Waals surface area contributed by atoms with Gasteiger partial charge in [-0.1, -0.05) is 11.6 Å². The molecule has 0 aliphatic carbocycles. The molecule has 1 aromatic carbocycles. The Morgan fingerprint density at radius 3 is 2.79 bits per heavy atom. The van der Waals surface area contributed by atoms with Crippen LogP contribution in [0, 0.1) is 0 Å². The second-order valence-corrected chi connectivity index (χ2v) is 5.89. The molecule has 0 saturated carbocycles. The number of rotatable bonds is 3. The Balaban J connectivity index is 1.85. The van der Waals surface area contributed by atoms with Gasteiger partial charge in [-0.25, -0.2) is 0 Å². The number of benzene rings is 1. The maximum atomic E-state index is 12.8. The fourth-order valence-corrected chi connectivity index (χ4v) is 2.97. The van der Waals surface area contributed by atoms with Gasteiger partial charge in [-0.15, -0.1) is 0 Å². The van der Waals surface area contributed by atoms with Crippen LogP contribution in [0.3, 0.4) is 0 Å². The molecule has 2 aromatic rings. The molecule has 2 heterocycles. The second-order valence-electron chi connectivity index (χ2n) is 5.46. The lowest BCUT2D eigenvalue weighted by Gasteiger charge is -2.39. The molecule has 1 aliphatic rings. The number of amides is 2. The van der Waals surface area contributed by atoms with Crippen molar-refractivity contribution in [3.8, 4) is 5.75 Å². The average molecular weight is 349 g/mol. The number of piperazine rings is 1. The predicted octanol–water partition coefficient (Wildman–Crippen LogP) is 2.82. The largest absolute Gasteiger partial charge is 0.495 e. The molecule has 3 rings (SSSR count). The molecule has 0 bridgehead atoms. The minimum atomic E-state index is -0.611. The van der Waals surface area contributed by atoms with Crippen LogP contribution in [0.25, 0.3) is 0 Å². The number of nitrogens with zero attached hydrogens (tertiary/aromatic N) is 2. The van der Waals surface area contributed by atoms with Crippen molar-refractivity contribution in [2.75, 3.05) is 25.1 Å². The first kappa shape index (κ1) is 16.4. The summed E-state index contributed by atoms with van der Waals surface area (Å²) in [6, 6.07) is 7.73. The molecule has 126 valence electrons. The summed E-state index contributed by atoms with van der Waals surface area (Å²) in [4.78, 5) is 28.4. The Morgan fingerprint density at radius 1 is 1.33 bits per heavy atom. The number of methoxy groups -OCH3 is 1. The molecular weight excluding hydrogens is 332 g/mol. The summed E-state index contributed by atoms with van der Waals surface area (Å²) in [5.74, 6) is 0.300. The lowest BCUT2D eigenvalue weighted by atomic mass is 10.1. The predicted molar refractivity (Wildman–Crippen MR) is 89.6 cm³/mol. The first-order valence-corrected chi connectivity index (χ1v) is 7.90. The summed E-state index contributed by atoms with van der Waals surface area (Å²) < 4.78 is 10.5. The Kier molecular flexibility index (Phi) is 4.49. The van der Waals surface area contributed by atoms with Gasteiger partial charge in [0.2, 0.25) is 5.91 Å². The van der Waals surface area contributed by atoms with E-state index in [2.05, 4.69) is 0 Å². The van der Waals surface area contributed by atoms with Gasteiger partial charge in [-0.2, -0.15) is 0 Å². The summed E-state index contributed by atoms with van der Waals surface area (Å²) in [5.41, 5.74) is 0.604. The fourth-order valence-electron chi connectivity index (χ4n) is 2.80. The number of anilines is 1. The van der Waals surface area contributed by atoms with Crippen molar-refractivity contribution >= 4 is 29.1 Å². The van der Waals surface area contributed by atoms with Crippen molar-refractivity contribution < 1.29 is 18.7 Å². The molecule has 7 heteroatoms. The van der Waals surface area contributed by atoms with Gasteiger partial charge in [0.05, 0.1) is 19.1 Å². The molecule has 1 atom stereocenters. The van der Waals surface area contributed by atoms with Crippen molar-refractivity contribution in [2.45, 2.75) is 13.0 Å². The first-order chi connectivity index (χ1) is 11.5. The maximum Gasteiger partial charge on any atom is 0.290 e. The normalized spacial score (nSPS) is 18.0. The van der Waals surface area contributed by atoms with E-state index in [-0.39, 0.29) is 17.6 Å². The number of furan rings is 1. The first-order valence-electron chi connectivity index (χ1n) is 7.52. The van der Waals surface area contributed by atoms with E-state index in [0.29, 0.717) is 29.5 Å². The van der Waals surface area contributed by atoms with Crippen LogP contribution in [-0.2, 0) is 4.79 Å². The van der Waals surface area contributed by atoms with E-state index in [9.17, 15) is 9.59 Å². The van der Waals surface area contributed by atoms with Crippen LogP contribution < -0.4 is 9.64 Å². The molecule has 0 spiro atoms.